The summed E-state index contributed by atoms with van der Waals surface area (Å²) in [5.74, 6) is 2.79. The fourth-order valence-corrected chi connectivity index (χ4v) is 4.39. The number of morpholine rings is 1. The van der Waals surface area contributed by atoms with E-state index in [2.05, 4.69) is 38.3 Å². The van der Waals surface area contributed by atoms with Gasteiger partial charge in [-0.15, -0.1) is 0 Å². The lowest BCUT2D eigenvalue weighted by Gasteiger charge is -2.27. The van der Waals surface area contributed by atoms with Crippen LogP contribution in [0.3, 0.4) is 0 Å². The number of ether oxygens (including phenoxy) is 2. The van der Waals surface area contributed by atoms with Crippen LogP contribution >= 0.6 is 0 Å². The summed E-state index contributed by atoms with van der Waals surface area (Å²) in [6.07, 6.45) is 5.14. The molecule has 0 amide bonds. The summed E-state index contributed by atoms with van der Waals surface area (Å²) in [6, 6.07) is 9.08. The van der Waals surface area contributed by atoms with Crippen LogP contribution in [0.25, 0.3) is 0 Å². The third-order valence-corrected chi connectivity index (χ3v) is 6.03. The molecule has 1 aromatic heterocycles. The number of hydrogen-bond acceptors (Lipinski definition) is 7. The molecule has 1 N–H and O–H groups in total. The van der Waals surface area contributed by atoms with Gasteiger partial charge in [-0.05, 0) is 36.1 Å². The van der Waals surface area contributed by atoms with Gasteiger partial charge in [0.25, 0.3) is 0 Å². The second kappa shape index (κ2) is 8.55. The second-order valence-corrected chi connectivity index (χ2v) is 8.06. The quantitative estimate of drug-likeness (QED) is 0.802. The Labute approximate surface area is 172 Å². The first-order chi connectivity index (χ1) is 14.3. The van der Waals surface area contributed by atoms with Gasteiger partial charge < -0.3 is 24.6 Å². The second-order valence-electron chi connectivity index (χ2n) is 8.06. The molecule has 0 bridgehead atoms. The Morgan fingerprint density at radius 1 is 1.10 bits per heavy atom. The zero-order valence-electron chi connectivity index (χ0n) is 16.8. The fourth-order valence-electron chi connectivity index (χ4n) is 4.39. The minimum atomic E-state index is 0.441. The van der Waals surface area contributed by atoms with Crippen molar-refractivity contribution in [1.82, 2.24) is 14.9 Å². The topological polar surface area (TPSA) is 62.8 Å². The van der Waals surface area contributed by atoms with Gasteiger partial charge in [0, 0.05) is 51.4 Å². The number of fused-ring (bicyclic) bond motifs is 1. The predicted molar refractivity (Wildman–Crippen MR) is 113 cm³/mol. The van der Waals surface area contributed by atoms with Gasteiger partial charge in [0.2, 0.25) is 5.95 Å². The first kappa shape index (κ1) is 18.6. The minimum Gasteiger partial charge on any atom is -0.493 e. The molecule has 1 unspecified atom stereocenters. The van der Waals surface area contributed by atoms with Crippen LogP contribution < -0.4 is 15.0 Å². The molecule has 3 aliphatic rings. The van der Waals surface area contributed by atoms with E-state index in [1.165, 1.54) is 11.1 Å². The molecule has 1 aromatic carbocycles. The summed E-state index contributed by atoms with van der Waals surface area (Å²) < 4.78 is 11.0. The Bertz CT molecular complexity index is 840. The molecule has 154 valence electrons. The lowest BCUT2D eigenvalue weighted by atomic mass is 10.1. The molecule has 29 heavy (non-hydrogen) atoms. The SMILES string of the molecule is c1cc(NC2CCN(CCc3ccc4c(c3)CCO4)C2)nc(N2CCOCC2)n1. The van der Waals surface area contributed by atoms with E-state index in [4.69, 9.17) is 14.5 Å². The molecule has 0 spiro atoms. The first-order valence-corrected chi connectivity index (χ1v) is 10.7. The molecule has 7 nitrogen and oxygen atoms in total. The summed E-state index contributed by atoms with van der Waals surface area (Å²) >= 11 is 0. The van der Waals surface area contributed by atoms with Crippen LogP contribution in [0.4, 0.5) is 11.8 Å². The number of hydrogen-bond donors (Lipinski definition) is 1. The molecule has 4 heterocycles. The number of nitrogens with one attached hydrogen (secondary N) is 1. The highest BCUT2D eigenvalue weighted by molar-refractivity contribution is 5.42. The van der Waals surface area contributed by atoms with Crippen LogP contribution in [-0.2, 0) is 17.6 Å². The van der Waals surface area contributed by atoms with Crippen LogP contribution in [-0.4, -0.2) is 73.5 Å². The van der Waals surface area contributed by atoms with Gasteiger partial charge in [0.15, 0.2) is 0 Å². The number of aromatic nitrogens is 2. The van der Waals surface area contributed by atoms with Crippen molar-refractivity contribution in [1.29, 1.82) is 0 Å². The molecule has 0 saturated carbocycles. The zero-order valence-corrected chi connectivity index (χ0v) is 16.8. The summed E-state index contributed by atoms with van der Waals surface area (Å²) in [4.78, 5) is 13.9. The molecule has 2 saturated heterocycles. The fraction of sp³-hybridized carbons (Fsp3) is 0.545. The van der Waals surface area contributed by atoms with Crippen molar-refractivity contribution in [2.45, 2.75) is 25.3 Å². The monoisotopic (exact) mass is 395 g/mol. The third-order valence-electron chi connectivity index (χ3n) is 6.03. The molecule has 2 fully saturated rings. The van der Waals surface area contributed by atoms with Gasteiger partial charge in [0.05, 0.1) is 19.8 Å². The Morgan fingerprint density at radius 3 is 2.97 bits per heavy atom. The van der Waals surface area contributed by atoms with Gasteiger partial charge in [-0.25, -0.2) is 4.98 Å². The molecular weight excluding hydrogens is 366 g/mol. The van der Waals surface area contributed by atoms with Crippen molar-refractivity contribution in [3.8, 4) is 5.75 Å². The first-order valence-electron chi connectivity index (χ1n) is 10.7. The summed E-state index contributed by atoms with van der Waals surface area (Å²) in [6.45, 7) is 7.32. The van der Waals surface area contributed by atoms with Crippen molar-refractivity contribution >= 4 is 11.8 Å². The Kier molecular flexibility index (Phi) is 5.49. The molecule has 1 atom stereocenters. The number of nitrogens with zero attached hydrogens (tertiary/aromatic N) is 4. The van der Waals surface area contributed by atoms with Crippen LogP contribution in [0.2, 0.25) is 0 Å². The van der Waals surface area contributed by atoms with Crippen LogP contribution in [0.5, 0.6) is 5.75 Å². The lowest BCUT2D eigenvalue weighted by Crippen LogP contribution is -2.37. The van der Waals surface area contributed by atoms with E-state index in [9.17, 15) is 0 Å². The van der Waals surface area contributed by atoms with Crippen molar-refractivity contribution in [2.24, 2.45) is 0 Å². The predicted octanol–water partition coefficient (Wildman–Crippen LogP) is 1.98. The van der Waals surface area contributed by atoms with Crippen LogP contribution in [0.1, 0.15) is 17.5 Å². The van der Waals surface area contributed by atoms with E-state index in [0.717, 1.165) is 89.3 Å². The largest absolute Gasteiger partial charge is 0.493 e. The maximum Gasteiger partial charge on any atom is 0.227 e. The number of rotatable bonds is 6. The highest BCUT2D eigenvalue weighted by Crippen LogP contribution is 2.26. The molecule has 3 aliphatic heterocycles. The Morgan fingerprint density at radius 2 is 2.03 bits per heavy atom. The zero-order chi connectivity index (χ0) is 19.5. The third kappa shape index (κ3) is 4.46. The van der Waals surface area contributed by atoms with E-state index in [0.29, 0.717) is 6.04 Å². The van der Waals surface area contributed by atoms with Crippen LogP contribution in [0, 0.1) is 0 Å². The standard InChI is InChI=1S/C22H29N5O2/c1-2-20-18(6-12-29-20)15-17(1)4-8-26-9-5-19(16-26)24-21-3-7-23-22(25-21)27-10-13-28-14-11-27/h1-3,7,15,19H,4-6,8-14,16H2,(H,23,24,25). The van der Waals surface area contributed by atoms with Crippen molar-refractivity contribution < 1.29 is 9.47 Å². The van der Waals surface area contributed by atoms with Gasteiger partial charge in [-0.1, -0.05) is 12.1 Å². The summed E-state index contributed by atoms with van der Waals surface area (Å²) in [5, 5.41) is 3.62. The smallest absolute Gasteiger partial charge is 0.227 e. The van der Waals surface area contributed by atoms with Gasteiger partial charge >= 0.3 is 0 Å². The van der Waals surface area contributed by atoms with E-state index in [1.54, 1.807) is 0 Å². The average molecular weight is 396 g/mol. The molecule has 7 heteroatoms. The van der Waals surface area contributed by atoms with Crippen molar-refractivity contribution in [3.63, 3.8) is 0 Å². The number of likely N-dealkylation sites (tertiary alicyclic amines) is 1. The summed E-state index contributed by atoms with van der Waals surface area (Å²) in [7, 11) is 0. The molecular formula is C22H29N5O2. The van der Waals surface area contributed by atoms with Gasteiger partial charge in [-0.3, -0.25) is 0 Å². The van der Waals surface area contributed by atoms with Gasteiger partial charge in [-0.2, -0.15) is 4.98 Å². The Balaban J connectivity index is 1.12. The van der Waals surface area contributed by atoms with Crippen LogP contribution in [0.15, 0.2) is 30.5 Å². The number of anilines is 2. The lowest BCUT2D eigenvalue weighted by molar-refractivity contribution is 0.122. The van der Waals surface area contributed by atoms with Crippen molar-refractivity contribution in [3.05, 3.63) is 41.6 Å². The normalized spacial score (nSPS) is 21.8. The van der Waals surface area contributed by atoms with E-state index < -0.39 is 0 Å². The highest BCUT2D eigenvalue weighted by Gasteiger charge is 2.23. The van der Waals surface area contributed by atoms with Crippen molar-refractivity contribution in [2.75, 3.05) is 62.8 Å². The maximum atomic E-state index is 5.61. The van der Waals surface area contributed by atoms with E-state index in [1.807, 2.05) is 12.3 Å². The minimum absolute atomic E-state index is 0.441. The summed E-state index contributed by atoms with van der Waals surface area (Å²) in [5.41, 5.74) is 2.78. The van der Waals surface area contributed by atoms with Gasteiger partial charge in [0.1, 0.15) is 11.6 Å². The average Bonchev–Trinajstić information content (AvgIpc) is 3.42. The highest BCUT2D eigenvalue weighted by atomic mass is 16.5. The van der Waals surface area contributed by atoms with E-state index in [-0.39, 0.29) is 0 Å². The molecule has 0 radical (unpaired) electrons. The number of benzene rings is 1. The Hall–Kier alpha value is -2.38. The molecule has 0 aliphatic carbocycles. The maximum absolute atomic E-state index is 5.61. The van der Waals surface area contributed by atoms with E-state index >= 15 is 0 Å². The molecule has 5 rings (SSSR count). The molecule has 2 aromatic rings.